The van der Waals surface area contributed by atoms with Crippen molar-refractivity contribution in [2.24, 2.45) is 11.7 Å². The van der Waals surface area contributed by atoms with E-state index in [-0.39, 0.29) is 6.04 Å². The minimum absolute atomic E-state index is 0.228. The molecule has 2 unspecified atom stereocenters. The van der Waals surface area contributed by atoms with E-state index in [1.165, 1.54) is 5.56 Å². The highest BCUT2D eigenvalue weighted by molar-refractivity contribution is 9.10. The van der Waals surface area contributed by atoms with E-state index in [1.54, 1.807) is 7.11 Å². The van der Waals surface area contributed by atoms with Gasteiger partial charge in [-0.25, -0.2) is 0 Å². The van der Waals surface area contributed by atoms with Gasteiger partial charge in [0.25, 0.3) is 0 Å². The van der Waals surface area contributed by atoms with Crippen molar-refractivity contribution in [1.82, 2.24) is 0 Å². The summed E-state index contributed by atoms with van der Waals surface area (Å²) in [6, 6.07) is 6.39. The van der Waals surface area contributed by atoms with E-state index in [0.717, 1.165) is 16.6 Å². The zero-order valence-corrected chi connectivity index (χ0v) is 11.0. The lowest BCUT2D eigenvalue weighted by Crippen LogP contribution is -2.25. The lowest BCUT2D eigenvalue weighted by atomic mass is 9.95. The highest BCUT2D eigenvalue weighted by Gasteiger charge is 2.09. The van der Waals surface area contributed by atoms with Gasteiger partial charge in [0.2, 0.25) is 0 Å². The number of ether oxygens (including phenoxy) is 1. The predicted molar refractivity (Wildman–Crippen MR) is 67.2 cm³/mol. The Morgan fingerprint density at radius 1 is 1.40 bits per heavy atom. The number of hydrogen-bond donors (Lipinski definition) is 1. The van der Waals surface area contributed by atoms with E-state index in [4.69, 9.17) is 10.5 Å². The summed E-state index contributed by atoms with van der Waals surface area (Å²) in [5, 5.41) is 0. The van der Waals surface area contributed by atoms with Crippen molar-refractivity contribution in [3.63, 3.8) is 0 Å². The van der Waals surface area contributed by atoms with Gasteiger partial charge in [-0.1, -0.05) is 13.0 Å². The molecule has 0 aliphatic carbocycles. The standard InChI is InChI=1S/C12H18BrNO/c1-8(9(2)14)6-10-4-5-12(15-3)11(13)7-10/h4-5,7-9H,6,14H2,1-3H3. The summed E-state index contributed by atoms with van der Waals surface area (Å²) in [5.74, 6) is 1.36. The molecule has 2 atom stereocenters. The second kappa shape index (κ2) is 5.52. The number of rotatable bonds is 4. The molecule has 0 amide bonds. The van der Waals surface area contributed by atoms with Gasteiger partial charge in [0, 0.05) is 6.04 Å². The summed E-state index contributed by atoms with van der Waals surface area (Å²) in [7, 11) is 1.67. The third-order valence-electron chi connectivity index (χ3n) is 2.67. The van der Waals surface area contributed by atoms with Gasteiger partial charge < -0.3 is 10.5 Å². The van der Waals surface area contributed by atoms with Gasteiger partial charge in [0.1, 0.15) is 5.75 Å². The molecular formula is C12H18BrNO. The average molecular weight is 272 g/mol. The second-order valence-electron chi connectivity index (χ2n) is 4.01. The zero-order chi connectivity index (χ0) is 11.4. The lowest BCUT2D eigenvalue weighted by molar-refractivity contribution is 0.411. The number of halogens is 1. The van der Waals surface area contributed by atoms with Gasteiger partial charge in [0.15, 0.2) is 0 Å². The van der Waals surface area contributed by atoms with Gasteiger partial charge in [-0.05, 0) is 52.9 Å². The second-order valence-corrected chi connectivity index (χ2v) is 4.86. The maximum atomic E-state index is 5.84. The molecule has 2 nitrogen and oxygen atoms in total. The van der Waals surface area contributed by atoms with Crippen molar-refractivity contribution in [2.45, 2.75) is 26.3 Å². The number of methoxy groups -OCH3 is 1. The Hall–Kier alpha value is -0.540. The van der Waals surface area contributed by atoms with Crippen LogP contribution in [-0.2, 0) is 6.42 Å². The maximum absolute atomic E-state index is 5.84. The normalized spacial score (nSPS) is 14.7. The van der Waals surface area contributed by atoms with Crippen LogP contribution in [0.4, 0.5) is 0 Å². The first-order valence-corrected chi connectivity index (χ1v) is 5.92. The molecule has 0 heterocycles. The number of hydrogen-bond acceptors (Lipinski definition) is 2. The lowest BCUT2D eigenvalue weighted by Gasteiger charge is -2.15. The molecular weight excluding hydrogens is 254 g/mol. The molecule has 1 aromatic rings. The van der Waals surface area contributed by atoms with Gasteiger partial charge in [-0.15, -0.1) is 0 Å². The fourth-order valence-electron chi connectivity index (χ4n) is 1.39. The molecule has 0 spiro atoms. The summed E-state index contributed by atoms with van der Waals surface area (Å²) >= 11 is 3.48. The van der Waals surface area contributed by atoms with Crippen molar-refractivity contribution >= 4 is 15.9 Å². The first-order chi connectivity index (χ1) is 7.04. The van der Waals surface area contributed by atoms with Crippen molar-refractivity contribution < 1.29 is 4.74 Å². The van der Waals surface area contributed by atoms with E-state index in [9.17, 15) is 0 Å². The zero-order valence-electron chi connectivity index (χ0n) is 9.46. The molecule has 15 heavy (non-hydrogen) atoms. The van der Waals surface area contributed by atoms with Crippen LogP contribution >= 0.6 is 15.9 Å². The third kappa shape index (κ3) is 3.50. The van der Waals surface area contributed by atoms with Crippen LogP contribution < -0.4 is 10.5 Å². The van der Waals surface area contributed by atoms with E-state index in [2.05, 4.69) is 35.0 Å². The highest BCUT2D eigenvalue weighted by Crippen LogP contribution is 2.26. The van der Waals surface area contributed by atoms with Gasteiger partial charge in [-0.2, -0.15) is 0 Å². The molecule has 0 fully saturated rings. The van der Waals surface area contributed by atoms with Crippen molar-refractivity contribution in [2.75, 3.05) is 7.11 Å². The predicted octanol–water partition coefficient (Wildman–Crippen LogP) is 2.98. The molecule has 1 aromatic carbocycles. The molecule has 0 aromatic heterocycles. The van der Waals surface area contributed by atoms with Crippen LogP contribution in [0.25, 0.3) is 0 Å². The maximum Gasteiger partial charge on any atom is 0.133 e. The quantitative estimate of drug-likeness (QED) is 0.914. The van der Waals surface area contributed by atoms with Crippen LogP contribution in [0.2, 0.25) is 0 Å². The molecule has 84 valence electrons. The third-order valence-corrected chi connectivity index (χ3v) is 3.29. The molecule has 2 N–H and O–H groups in total. The van der Waals surface area contributed by atoms with E-state index in [0.29, 0.717) is 5.92 Å². The Kier molecular flexibility index (Phi) is 4.61. The largest absolute Gasteiger partial charge is 0.496 e. The van der Waals surface area contributed by atoms with Crippen LogP contribution in [-0.4, -0.2) is 13.2 Å². The van der Waals surface area contributed by atoms with Crippen molar-refractivity contribution in [3.05, 3.63) is 28.2 Å². The van der Waals surface area contributed by atoms with Crippen molar-refractivity contribution in [3.8, 4) is 5.75 Å². The number of nitrogens with two attached hydrogens (primary N) is 1. The topological polar surface area (TPSA) is 35.2 Å². The van der Waals surface area contributed by atoms with Gasteiger partial charge in [-0.3, -0.25) is 0 Å². The van der Waals surface area contributed by atoms with Crippen molar-refractivity contribution in [1.29, 1.82) is 0 Å². The summed E-state index contributed by atoms with van der Waals surface area (Å²) in [6.45, 7) is 4.21. The average Bonchev–Trinajstić information content (AvgIpc) is 2.18. The summed E-state index contributed by atoms with van der Waals surface area (Å²) in [6.07, 6.45) is 1.00. The Balaban J connectivity index is 2.75. The smallest absolute Gasteiger partial charge is 0.133 e. The fraction of sp³-hybridized carbons (Fsp3) is 0.500. The summed E-state index contributed by atoms with van der Waals surface area (Å²) < 4.78 is 6.18. The summed E-state index contributed by atoms with van der Waals surface area (Å²) in [5.41, 5.74) is 7.13. The summed E-state index contributed by atoms with van der Waals surface area (Å²) in [4.78, 5) is 0. The van der Waals surface area contributed by atoms with E-state index in [1.807, 2.05) is 13.0 Å². The fourth-order valence-corrected chi connectivity index (χ4v) is 1.98. The van der Waals surface area contributed by atoms with Crippen LogP contribution in [0.3, 0.4) is 0 Å². The molecule has 0 bridgehead atoms. The first-order valence-electron chi connectivity index (χ1n) is 5.12. The van der Waals surface area contributed by atoms with Crippen LogP contribution in [0.5, 0.6) is 5.75 Å². The Bertz CT molecular complexity index is 325. The highest BCUT2D eigenvalue weighted by atomic mass is 79.9. The molecule has 0 saturated heterocycles. The number of benzene rings is 1. The van der Waals surface area contributed by atoms with Crippen LogP contribution in [0.1, 0.15) is 19.4 Å². The molecule has 1 rings (SSSR count). The minimum atomic E-state index is 0.228. The van der Waals surface area contributed by atoms with Gasteiger partial charge >= 0.3 is 0 Å². The van der Waals surface area contributed by atoms with Crippen LogP contribution in [0, 0.1) is 5.92 Å². The van der Waals surface area contributed by atoms with Crippen LogP contribution in [0.15, 0.2) is 22.7 Å². The van der Waals surface area contributed by atoms with E-state index >= 15 is 0 Å². The molecule has 0 aliphatic rings. The first kappa shape index (κ1) is 12.5. The molecule has 0 radical (unpaired) electrons. The molecule has 0 aliphatic heterocycles. The minimum Gasteiger partial charge on any atom is -0.496 e. The Morgan fingerprint density at radius 2 is 2.07 bits per heavy atom. The van der Waals surface area contributed by atoms with Gasteiger partial charge in [0.05, 0.1) is 11.6 Å². The SMILES string of the molecule is COc1ccc(CC(C)C(C)N)cc1Br. The van der Waals surface area contributed by atoms with E-state index < -0.39 is 0 Å². The Morgan fingerprint density at radius 3 is 2.53 bits per heavy atom. The monoisotopic (exact) mass is 271 g/mol. The molecule has 3 heteroatoms. The molecule has 0 saturated carbocycles. The Labute approximate surface area is 99.9 Å².